The monoisotopic (exact) mass is 243 g/mol. The lowest BCUT2D eigenvalue weighted by Crippen LogP contribution is -2.50. The molecule has 0 spiro atoms. The minimum atomic E-state index is -0.102. The van der Waals surface area contributed by atoms with Crippen molar-refractivity contribution in [1.82, 2.24) is 15.2 Å². The van der Waals surface area contributed by atoms with Gasteiger partial charge in [-0.3, -0.25) is 9.59 Å². The Balaban J connectivity index is 1.87. The van der Waals surface area contributed by atoms with Gasteiger partial charge in [0.15, 0.2) is 0 Å². The molecule has 18 heavy (non-hydrogen) atoms. The molecule has 5 heteroatoms. The van der Waals surface area contributed by atoms with Crippen molar-refractivity contribution in [3.8, 4) is 0 Å². The molecule has 2 heterocycles. The number of hydrogen-bond acceptors (Lipinski definition) is 2. The molecule has 2 aromatic rings. The third-order valence-corrected chi connectivity index (χ3v) is 3.16. The highest BCUT2D eigenvalue weighted by Gasteiger charge is 2.23. The van der Waals surface area contributed by atoms with E-state index in [2.05, 4.69) is 10.3 Å². The van der Waals surface area contributed by atoms with E-state index in [0.717, 1.165) is 16.5 Å². The molecule has 1 fully saturated rings. The largest absolute Gasteiger partial charge is 0.361 e. The maximum atomic E-state index is 11.7. The summed E-state index contributed by atoms with van der Waals surface area (Å²) < 4.78 is 0. The van der Waals surface area contributed by atoms with Crippen LogP contribution in [0.4, 0.5) is 0 Å². The van der Waals surface area contributed by atoms with Gasteiger partial charge in [-0.15, -0.1) is 0 Å². The highest BCUT2D eigenvalue weighted by atomic mass is 16.2. The molecule has 92 valence electrons. The topological polar surface area (TPSA) is 65.2 Å². The third-order valence-electron chi connectivity index (χ3n) is 3.16. The number of aromatic nitrogens is 1. The highest BCUT2D eigenvalue weighted by Crippen LogP contribution is 2.19. The summed E-state index contributed by atoms with van der Waals surface area (Å²) in [5.74, 6) is -0.144. The van der Waals surface area contributed by atoms with Crippen LogP contribution < -0.4 is 5.32 Å². The van der Waals surface area contributed by atoms with E-state index in [1.807, 2.05) is 30.5 Å². The number of carbonyl (C=O) groups is 2. The number of amides is 2. The summed E-state index contributed by atoms with van der Waals surface area (Å²) in [6, 6.07) is 7.92. The molecule has 3 rings (SSSR count). The number of H-pyrrole nitrogens is 1. The molecule has 0 radical (unpaired) electrons. The summed E-state index contributed by atoms with van der Waals surface area (Å²) in [4.78, 5) is 27.7. The van der Waals surface area contributed by atoms with Crippen LogP contribution in [0, 0.1) is 0 Å². The fraction of sp³-hybridized carbons (Fsp3) is 0.231. The summed E-state index contributed by atoms with van der Waals surface area (Å²) in [6.07, 6.45) is 1.89. The molecule has 1 aliphatic rings. The molecule has 1 aliphatic heterocycles. The maximum absolute atomic E-state index is 11.7. The second-order valence-electron chi connectivity index (χ2n) is 4.39. The van der Waals surface area contributed by atoms with E-state index < -0.39 is 0 Å². The van der Waals surface area contributed by atoms with Crippen LogP contribution >= 0.6 is 0 Å². The molecule has 0 saturated carbocycles. The summed E-state index contributed by atoms with van der Waals surface area (Å²) in [6.45, 7) is 0.704. The van der Waals surface area contributed by atoms with Crippen LogP contribution in [0.2, 0.25) is 0 Å². The Morgan fingerprint density at radius 2 is 2.06 bits per heavy atom. The standard InChI is InChI=1S/C13H13N3O2/c17-12-8-16(13(18)6-15-12)7-9-5-14-11-4-2-1-3-10(9)11/h1-5,14H,6-8H2,(H,15,17). The number of para-hydroxylation sites is 1. The van der Waals surface area contributed by atoms with Gasteiger partial charge in [0.1, 0.15) is 0 Å². The summed E-state index contributed by atoms with van der Waals surface area (Å²) in [5, 5.41) is 3.63. The van der Waals surface area contributed by atoms with Crippen molar-refractivity contribution in [1.29, 1.82) is 0 Å². The van der Waals surface area contributed by atoms with E-state index in [1.54, 1.807) is 4.90 Å². The van der Waals surface area contributed by atoms with E-state index in [-0.39, 0.29) is 24.9 Å². The fourth-order valence-electron chi connectivity index (χ4n) is 2.22. The number of benzene rings is 1. The van der Waals surface area contributed by atoms with Gasteiger partial charge in [0, 0.05) is 23.6 Å². The zero-order chi connectivity index (χ0) is 12.5. The quantitative estimate of drug-likeness (QED) is 0.812. The number of fused-ring (bicyclic) bond motifs is 1. The molecule has 0 atom stereocenters. The molecular weight excluding hydrogens is 230 g/mol. The van der Waals surface area contributed by atoms with Gasteiger partial charge in [-0.25, -0.2) is 0 Å². The second-order valence-corrected chi connectivity index (χ2v) is 4.39. The lowest BCUT2D eigenvalue weighted by molar-refractivity contribution is -0.141. The molecule has 2 amide bonds. The zero-order valence-electron chi connectivity index (χ0n) is 9.77. The first kappa shape index (κ1) is 10.8. The van der Waals surface area contributed by atoms with Crippen LogP contribution in [0.25, 0.3) is 10.9 Å². The van der Waals surface area contributed by atoms with Crippen LogP contribution in [0.5, 0.6) is 0 Å². The number of nitrogens with one attached hydrogen (secondary N) is 2. The van der Waals surface area contributed by atoms with Gasteiger partial charge in [0.05, 0.1) is 13.1 Å². The number of piperazine rings is 1. The first-order chi connectivity index (χ1) is 8.74. The van der Waals surface area contributed by atoms with Crippen molar-refractivity contribution in [2.45, 2.75) is 6.54 Å². The van der Waals surface area contributed by atoms with E-state index in [1.165, 1.54) is 0 Å². The van der Waals surface area contributed by atoms with Crippen molar-refractivity contribution in [3.05, 3.63) is 36.0 Å². The first-order valence-corrected chi connectivity index (χ1v) is 5.83. The first-order valence-electron chi connectivity index (χ1n) is 5.83. The van der Waals surface area contributed by atoms with Gasteiger partial charge in [0.2, 0.25) is 11.8 Å². The molecule has 0 bridgehead atoms. The molecule has 0 unspecified atom stereocenters. The van der Waals surface area contributed by atoms with Gasteiger partial charge >= 0.3 is 0 Å². The van der Waals surface area contributed by atoms with Gasteiger partial charge in [-0.05, 0) is 11.6 Å². The Bertz CT molecular complexity index is 617. The smallest absolute Gasteiger partial charge is 0.242 e. The second kappa shape index (κ2) is 4.18. The third kappa shape index (κ3) is 1.84. The normalized spacial score (nSPS) is 16.1. The molecule has 2 N–H and O–H groups in total. The molecule has 1 saturated heterocycles. The van der Waals surface area contributed by atoms with Crippen LogP contribution in [-0.2, 0) is 16.1 Å². The summed E-state index contributed by atoms with van der Waals surface area (Å²) in [7, 11) is 0. The Hall–Kier alpha value is -2.30. The van der Waals surface area contributed by atoms with Crippen molar-refractivity contribution in [2.75, 3.05) is 13.1 Å². The van der Waals surface area contributed by atoms with Crippen LogP contribution in [0.3, 0.4) is 0 Å². The predicted octanol–water partition coefficient (Wildman–Crippen LogP) is 0.626. The van der Waals surface area contributed by atoms with Crippen molar-refractivity contribution in [2.24, 2.45) is 0 Å². The average Bonchev–Trinajstić information content (AvgIpc) is 2.78. The Kier molecular flexibility index (Phi) is 2.51. The SMILES string of the molecule is O=C1CN(Cc2c[nH]c3ccccc23)C(=O)CN1. The number of rotatable bonds is 2. The van der Waals surface area contributed by atoms with E-state index >= 15 is 0 Å². The van der Waals surface area contributed by atoms with Crippen LogP contribution in [-0.4, -0.2) is 34.8 Å². The molecule has 1 aromatic heterocycles. The Morgan fingerprint density at radius 1 is 1.22 bits per heavy atom. The maximum Gasteiger partial charge on any atom is 0.242 e. The molecular formula is C13H13N3O2. The van der Waals surface area contributed by atoms with Gasteiger partial charge in [-0.2, -0.15) is 0 Å². The number of carbonyl (C=O) groups excluding carboxylic acids is 2. The van der Waals surface area contributed by atoms with Crippen LogP contribution in [0.15, 0.2) is 30.5 Å². The van der Waals surface area contributed by atoms with Crippen molar-refractivity contribution >= 4 is 22.7 Å². The van der Waals surface area contributed by atoms with Crippen molar-refractivity contribution < 1.29 is 9.59 Å². The minimum absolute atomic E-state index is 0.0418. The van der Waals surface area contributed by atoms with Gasteiger partial charge in [-0.1, -0.05) is 18.2 Å². The highest BCUT2D eigenvalue weighted by molar-refractivity contribution is 5.92. The average molecular weight is 243 g/mol. The Labute approximate surface area is 104 Å². The van der Waals surface area contributed by atoms with Gasteiger partial charge in [0.25, 0.3) is 0 Å². The Morgan fingerprint density at radius 3 is 2.94 bits per heavy atom. The number of hydrogen-bond donors (Lipinski definition) is 2. The lowest BCUT2D eigenvalue weighted by atomic mass is 10.1. The van der Waals surface area contributed by atoms with Crippen molar-refractivity contribution in [3.63, 3.8) is 0 Å². The molecule has 5 nitrogen and oxygen atoms in total. The zero-order valence-corrected chi connectivity index (χ0v) is 9.77. The van der Waals surface area contributed by atoms with Gasteiger partial charge < -0.3 is 15.2 Å². The fourth-order valence-corrected chi connectivity index (χ4v) is 2.22. The van der Waals surface area contributed by atoms with Crippen LogP contribution in [0.1, 0.15) is 5.56 Å². The summed E-state index contributed by atoms with van der Waals surface area (Å²) >= 11 is 0. The summed E-state index contributed by atoms with van der Waals surface area (Å²) in [5.41, 5.74) is 2.08. The molecule has 1 aromatic carbocycles. The predicted molar refractivity (Wildman–Crippen MR) is 66.7 cm³/mol. The number of aromatic amines is 1. The van der Waals surface area contributed by atoms with E-state index in [9.17, 15) is 9.59 Å². The van der Waals surface area contributed by atoms with E-state index in [4.69, 9.17) is 0 Å². The van der Waals surface area contributed by atoms with E-state index in [0.29, 0.717) is 6.54 Å². The molecule has 0 aliphatic carbocycles. The number of nitrogens with zero attached hydrogens (tertiary/aromatic N) is 1. The minimum Gasteiger partial charge on any atom is -0.361 e. The lowest BCUT2D eigenvalue weighted by Gasteiger charge is -2.26.